The highest BCUT2D eigenvalue weighted by atomic mass is 16.5. The Hall–Kier alpha value is -8.60. The fourth-order valence-electron chi connectivity index (χ4n) is 8.53. The van der Waals surface area contributed by atoms with E-state index in [0.717, 1.165) is 49.5 Å². The second-order valence-electron chi connectivity index (χ2n) is 16.0. The number of nitrogens with zero attached hydrogens (tertiary/aromatic N) is 9. The van der Waals surface area contributed by atoms with Crippen LogP contribution in [0.15, 0.2) is 150 Å². The van der Waals surface area contributed by atoms with Crippen LogP contribution in [-0.2, 0) is 32.3 Å². The summed E-state index contributed by atoms with van der Waals surface area (Å²) in [6.45, 7) is 4.01. The van der Waals surface area contributed by atoms with E-state index in [1.165, 1.54) is 0 Å². The highest BCUT2D eigenvalue weighted by Crippen LogP contribution is 2.43. The standard InChI is InChI=1S/C25H24N6O2.C25H23N5O4/c1-16-22(24(32)33-15-17-9-5-4-6-10-17)23(31-25(26-16)27-28-29-31)20-13-14-21(30(2)3)19-12-8-7-11-18(19)20;1-15-22(24(31)34-14-16-7-5-4-6-8-16)23(30-25(26-15)27-28-29-30)19-11-12-21(33-3)20-13-17(32-2)9-10-18(19)20/h4-14,23H,15H2,1-3H3,(H,26,27,29);4-13,23H,14H2,1-3H3,(H,26,27,29). The summed E-state index contributed by atoms with van der Waals surface area (Å²) in [5.74, 6) is 1.47. The molecule has 0 fully saturated rings. The number of allylic oxidation sites excluding steroid dienone is 2. The minimum absolute atomic E-state index is 0.159. The zero-order valence-corrected chi connectivity index (χ0v) is 37.7. The molecule has 2 unspecified atom stereocenters. The van der Waals surface area contributed by atoms with Crippen LogP contribution < -0.4 is 25.0 Å². The third-order valence-corrected chi connectivity index (χ3v) is 11.7. The molecule has 0 radical (unpaired) electrons. The van der Waals surface area contributed by atoms with Gasteiger partial charge in [0.05, 0.1) is 25.4 Å². The van der Waals surface area contributed by atoms with E-state index in [-0.39, 0.29) is 13.2 Å². The van der Waals surface area contributed by atoms with Crippen LogP contribution in [-0.4, -0.2) is 80.7 Å². The van der Waals surface area contributed by atoms with Gasteiger partial charge >= 0.3 is 11.9 Å². The number of ether oxygens (including phenoxy) is 4. The summed E-state index contributed by atoms with van der Waals surface area (Å²) in [4.78, 5) is 28.9. The quantitative estimate of drug-likeness (QED) is 0.120. The molecule has 0 saturated carbocycles. The van der Waals surface area contributed by atoms with Crippen LogP contribution in [0.4, 0.5) is 17.6 Å². The minimum atomic E-state index is -0.601. The largest absolute Gasteiger partial charge is 0.497 e. The molecule has 8 aromatic rings. The Bertz CT molecular complexity index is 3180. The predicted octanol–water partition coefficient (Wildman–Crippen LogP) is 7.80. The molecule has 2 aromatic heterocycles. The van der Waals surface area contributed by atoms with Crippen molar-refractivity contribution in [1.82, 2.24) is 40.4 Å². The maximum Gasteiger partial charge on any atom is 0.338 e. The second kappa shape index (κ2) is 18.9. The van der Waals surface area contributed by atoms with Gasteiger partial charge in [0.25, 0.3) is 0 Å². The Labute approximate surface area is 385 Å². The van der Waals surface area contributed by atoms with Gasteiger partial charge in [-0.2, -0.15) is 9.36 Å². The summed E-state index contributed by atoms with van der Waals surface area (Å²) in [6.07, 6.45) is 0. The first-order chi connectivity index (χ1) is 32.6. The normalized spacial score (nSPS) is 15.1. The molecule has 2 aliphatic rings. The van der Waals surface area contributed by atoms with Crippen LogP contribution in [0.3, 0.4) is 0 Å². The summed E-state index contributed by atoms with van der Waals surface area (Å²) in [5.41, 5.74) is 6.88. The Balaban J connectivity index is 0.000000168. The van der Waals surface area contributed by atoms with Crippen LogP contribution in [0, 0.1) is 0 Å². The molecule has 17 nitrogen and oxygen atoms in total. The third kappa shape index (κ3) is 8.57. The summed E-state index contributed by atoms with van der Waals surface area (Å²) >= 11 is 0. The lowest BCUT2D eigenvalue weighted by Gasteiger charge is -2.29. The lowest BCUT2D eigenvalue weighted by Crippen LogP contribution is -2.30. The van der Waals surface area contributed by atoms with Crippen molar-refractivity contribution in [2.45, 2.75) is 39.1 Å². The van der Waals surface area contributed by atoms with Crippen LogP contribution >= 0.6 is 0 Å². The Kier molecular flexibility index (Phi) is 12.3. The molecule has 0 bridgehead atoms. The van der Waals surface area contributed by atoms with Gasteiger partial charge in [-0.3, -0.25) is 0 Å². The van der Waals surface area contributed by atoms with Gasteiger partial charge in [0.2, 0.25) is 11.9 Å². The number of esters is 2. The number of hydrogen-bond donors (Lipinski definition) is 2. The summed E-state index contributed by atoms with van der Waals surface area (Å²) in [6, 6.07) is 39.8. The molecule has 0 aliphatic carbocycles. The van der Waals surface area contributed by atoms with Crippen molar-refractivity contribution in [2.75, 3.05) is 43.8 Å². The molecular formula is C50H47N11O6. The first kappa shape index (κ1) is 43.6. The average molecular weight is 898 g/mol. The molecule has 6 aromatic carbocycles. The van der Waals surface area contributed by atoms with E-state index in [1.54, 1.807) is 23.6 Å². The molecular weight excluding hydrogens is 851 g/mol. The highest BCUT2D eigenvalue weighted by Gasteiger charge is 2.38. The molecule has 338 valence electrons. The van der Waals surface area contributed by atoms with Crippen molar-refractivity contribution in [2.24, 2.45) is 0 Å². The van der Waals surface area contributed by atoms with E-state index in [9.17, 15) is 9.59 Å². The molecule has 4 heterocycles. The second-order valence-corrected chi connectivity index (χ2v) is 16.0. The van der Waals surface area contributed by atoms with Gasteiger partial charge in [0, 0.05) is 41.9 Å². The number of aromatic nitrogens is 8. The van der Waals surface area contributed by atoms with Crippen LogP contribution in [0.25, 0.3) is 21.5 Å². The predicted molar refractivity (Wildman–Crippen MR) is 252 cm³/mol. The monoisotopic (exact) mass is 897 g/mol. The number of rotatable bonds is 11. The minimum Gasteiger partial charge on any atom is -0.497 e. The number of anilines is 3. The Morgan fingerprint density at radius 2 is 1.07 bits per heavy atom. The Morgan fingerprint density at radius 1 is 0.582 bits per heavy atom. The number of methoxy groups -OCH3 is 2. The van der Waals surface area contributed by atoms with Crippen molar-refractivity contribution in [1.29, 1.82) is 0 Å². The zero-order chi connectivity index (χ0) is 46.6. The summed E-state index contributed by atoms with van der Waals surface area (Å²) in [7, 11) is 7.27. The van der Waals surface area contributed by atoms with Gasteiger partial charge in [-0.1, -0.05) is 113 Å². The van der Waals surface area contributed by atoms with Gasteiger partial charge in [-0.25, -0.2) is 9.59 Å². The molecule has 2 aliphatic heterocycles. The number of fused-ring (bicyclic) bond motifs is 4. The van der Waals surface area contributed by atoms with Crippen molar-refractivity contribution in [3.63, 3.8) is 0 Å². The van der Waals surface area contributed by atoms with Crippen molar-refractivity contribution >= 4 is 51.1 Å². The fraction of sp³-hybridized carbons (Fsp3) is 0.200. The lowest BCUT2D eigenvalue weighted by atomic mass is 9.91. The first-order valence-corrected chi connectivity index (χ1v) is 21.4. The number of tetrazole rings is 2. The van der Waals surface area contributed by atoms with Crippen LogP contribution in [0.5, 0.6) is 11.5 Å². The molecule has 0 spiro atoms. The first-order valence-electron chi connectivity index (χ1n) is 21.4. The Morgan fingerprint density at radius 3 is 1.58 bits per heavy atom. The smallest absolute Gasteiger partial charge is 0.338 e. The average Bonchev–Trinajstić information content (AvgIpc) is 4.04. The van der Waals surface area contributed by atoms with E-state index in [4.69, 9.17) is 18.9 Å². The van der Waals surface area contributed by atoms with E-state index in [1.807, 2.05) is 137 Å². The van der Waals surface area contributed by atoms with E-state index in [0.29, 0.717) is 45.9 Å². The fourth-order valence-corrected chi connectivity index (χ4v) is 8.53. The number of carbonyl (C=O) groups excluding carboxylic acids is 2. The molecule has 2 N–H and O–H groups in total. The van der Waals surface area contributed by atoms with E-state index < -0.39 is 24.0 Å². The van der Waals surface area contributed by atoms with Gasteiger partial charge < -0.3 is 34.5 Å². The van der Waals surface area contributed by atoms with Crippen molar-refractivity contribution < 1.29 is 28.5 Å². The van der Waals surface area contributed by atoms with Gasteiger partial charge in [0.15, 0.2) is 0 Å². The third-order valence-electron chi connectivity index (χ3n) is 11.7. The summed E-state index contributed by atoms with van der Waals surface area (Å²) in [5, 5.41) is 34.3. The van der Waals surface area contributed by atoms with Crippen LogP contribution in [0.2, 0.25) is 0 Å². The number of benzene rings is 6. The molecule has 67 heavy (non-hydrogen) atoms. The topological polar surface area (TPSA) is 186 Å². The number of nitrogens with one attached hydrogen (secondary N) is 2. The molecule has 17 heteroatoms. The highest BCUT2D eigenvalue weighted by molar-refractivity contribution is 6.00. The molecule has 10 rings (SSSR count). The lowest BCUT2D eigenvalue weighted by molar-refractivity contribution is -0.141. The maximum absolute atomic E-state index is 13.4. The van der Waals surface area contributed by atoms with E-state index in [2.05, 4.69) is 64.8 Å². The SMILES string of the molecule is CC1=C(C(=O)OCc2ccccc2)C(c2ccc(N(C)C)c3ccccc23)n2nnnc2N1.COc1ccc2c(C3C(C(=O)OCc4ccccc4)=C(C)Nc4nnnn43)ccc(OC)c2c1. The van der Waals surface area contributed by atoms with E-state index >= 15 is 0 Å². The molecule has 0 saturated heterocycles. The molecule has 2 atom stereocenters. The van der Waals surface area contributed by atoms with Gasteiger partial charge in [-0.05, 0) is 92.0 Å². The van der Waals surface area contributed by atoms with Gasteiger partial charge in [0.1, 0.15) is 36.8 Å². The van der Waals surface area contributed by atoms with Crippen molar-refractivity contribution in [3.8, 4) is 11.5 Å². The summed E-state index contributed by atoms with van der Waals surface area (Å²) < 4.78 is 25.7. The number of carbonyl (C=O) groups is 2. The van der Waals surface area contributed by atoms with Gasteiger partial charge in [-0.15, -0.1) is 0 Å². The molecule has 0 amide bonds. The maximum atomic E-state index is 13.4. The van der Waals surface area contributed by atoms with Crippen LogP contribution in [0.1, 0.15) is 48.2 Å². The van der Waals surface area contributed by atoms with Crippen molar-refractivity contribution in [3.05, 3.63) is 172 Å². The zero-order valence-electron chi connectivity index (χ0n) is 37.7. The number of hydrogen-bond acceptors (Lipinski definition) is 15.